The van der Waals surface area contributed by atoms with Crippen molar-refractivity contribution in [1.82, 2.24) is 0 Å². The fourth-order valence-electron chi connectivity index (χ4n) is 0.989. The summed E-state index contributed by atoms with van der Waals surface area (Å²) in [6, 6.07) is 0. The highest BCUT2D eigenvalue weighted by Crippen LogP contribution is 2.22. The van der Waals surface area contributed by atoms with Gasteiger partial charge in [-0.2, -0.15) is 0 Å². The maximum Gasteiger partial charge on any atom is 0.0509 e. The highest BCUT2D eigenvalue weighted by molar-refractivity contribution is 4.86. The maximum absolute atomic E-state index is 5.94. The first kappa shape index (κ1) is 7.03. The minimum Gasteiger partial charge on any atom is -0.381 e. The van der Waals surface area contributed by atoms with Gasteiger partial charge in [-0.25, -0.2) is 0 Å². The molecule has 0 bridgehead atoms. The zero-order chi connectivity index (χ0) is 6.91. The molecule has 2 N–H and O–H groups in total. The van der Waals surface area contributed by atoms with E-state index in [0.29, 0.717) is 5.92 Å². The third kappa shape index (κ3) is 1.43. The number of nitrogens with two attached hydrogens (primary N) is 1. The monoisotopic (exact) mass is 129 g/mol. The van der Waals surface area contributed by atoms with Crippen molar-refractivity contribution < 1.29 is 4.74 Å². The number of hydrogen-bond acceptors (Lipinski definition) is 2. The predicted octanol–water partition coefficient (Wildman–Crippen LogP) is 0.760. The van der Waals surface area contributed by atoms with Crippen LogP contribution in [0.4, 0.5) is 0 Å². The predicted molar refractivity (Wildman–Crippen MR) is 37.2 cm³/mol. The van der Waals surface area contributed by atoms with Crippen molar-refractivity contribution in [3.8, 4) is 0 Å². The molecule has 0 aliphatic carbocycles. The molecule has 2 heteroatoms. The second-order valence-electron chi connectivity index (χ2n) is 3.23. The molecule has 0 radical (unpaired) electrons. The van der Waals surface area contributed by atoms with Crippen molar-refractivity contribution in [3.05, 3.63) is 0 Å². The van der Waals surface area contributed by atoms with Gasteiger partial charge < -0.3 is 10.5 Å². The van der Waals surface area contributed by atoms with Crippen LogP contribution in [-0.2, 0) is 4.74 Å². The van der Waals surface area contributed by atoms with Crippen LogP contribution in [-0.4, -0.2) is 18.8 Å². The van der Waals surface area contributed by atoms with E-state index in [1.807, 2.05) is 0 Å². The molecular weight excluding hydrogens is 114 g/mol. The molecule has 54 valence electrons. The van der Waals surface area contributed by atoms with Crippen LogP contribution >= 0.6 is 0 Å². The van der Waals surface area contributed by atoms with Crippen LogP contribution in [0.15, 0.2) is 0 Å². The summed E-state index contributed by atoms with van der Waals surface area (Å²) >= 11 is 0. The molecule has 0 amide bonds. The van der Waals surface area contributed by atoms with Gasteiger partial charge >= 0.3 is 0 Å². The second-order valence-corrected chi connectivity index (χ2v) is 3.23. The van der Waals surface area contributed by atoms with Crippen molar-refractivity contribution in [2.45, 2.75) is 25.8 Å². The smallest absolute Gasteiger partial charge is 0.0509 e. The van der Waals surface area contributed by atoms with Crippen molar-refractivity contribution in [3.63, 3.8) is 0 Å². The Bertz CT molecular complexity index is 101. The number of ether oxygens (including phenoxy) is 1. The molecule has 2 atom stereocenters. The summed E-state index contributed by atoms with van der Waals surface area (Å²) in [7, 11) is 0. The first-order chi connectivity index (χ1) is 4.13. The zero-order valence-corrected chi connectivity index (χ0v) is 6.18. The third-order valence-corrected chi connectivity index (χ3v) is 2.28. The summed E-state index contributed by atoms with van der Waals surface area (Å²) in [6.07, 6.45) is 0.994. The Morgan fingerprint density at radius 3 is 2.67 bits per heavy atom. The zero-order valence-electron chi connectivity index (χ0n) is 6.18. The first-order valence-electron chi connectivity index (χ1n) is 3.49. The van der Waals surface area contributed by atoms with Crippen molar-refractivity contribution in [1.29, 1.82) is 0 Å². The summed E-state index contributed by atoms with van der Waals surface area (Å²) in [6.45, 7) is 5.89. The molecule has 0 spiro atoms. The lowest BCUT2D eigenvalue weighted by molar-refractivity contribution is 0.0164. The van der Waals surface area contributed by atoms with Gasteiger partial charge in [-0.1, -0.05) is 6.92 Å². The molecule has 1 saturated heterocycles. The van der Waals surface area contributed by atoms with E-state index < -0.39 is 0 Å². The Balaban J connectivity index is 2.49. The van der Waals surface area contributed by atoms with Crippen LogP contribution in [0.3, 0.4) is 0 Å². The summed E-state index contributed by atoms with van der Waals surface area (Å²) in [5.41, 5.74) is 5.95. The van der Waals surface area contributed by atoms with Crippen LogP contribution < -0.4 is 5.73 Å². The highest BCUT2D eigenvalue weighted by Gasteiger charge is 2.29. The van der Waals surface area contributed by atoms with Crippen LogP contribution in [0.1, 0.15) is 20.3 Å². The van der Waals surface area contributed by atoms with E-state index in [0.717, 1.165) is 19.6 Å². The van der Waals surface area contributed by atoms with Gasteiger partial charge in [-0.3, -0.25) is 0 Å². The van der Waals surface area contributed by atoms with Gasteiger partial charge in [-0.05, 0) is 19.3 Å². The SMILES string of the molecule is CC1COCCC1(C)N. The summed E-state index contributed by atoms with van der Waals surface area (Å²) in [4.78, 5) is 0. The highest BCUT2D eigenvalue weighted by atomic mass is 16.5. The van der Waals surface area contributed by atoms with Gasteiger partial charge in [-0.15, -0.1) is 0 Å². The van der Waals surface area contributed by atoms with Crippen molar-refractivity contribution in [2.75, 3.05) is 13.2 Å². The van der Waals surface area contributed by atoms with Crippen LogP contribution in [0.25, 0.3) is 0 Å². The molecule has 9 heavy (non-hydrogen) atoms. The van der Waals surface area contributed by atoms with Gasteiger partial charge in [0.05, 0.1) is 6.61 Å². The molecule has 1 heterocycles. The van der Waals surface area contributed by atoms with Gasteiger partial charge in [0.1, 0.15) is 0 Å². The fraction of sp³-hybridized carbons (Fsp3) is 1.00. The molecule has 0 aromatic heterocycles. The third-order valence-electron chi connectivity index (χ3n) is 2.28. The molecule has 2 unspecified atom stereocenters. The lowest BCUT2D eigenvalue weighted by Crippen LogP contribution is -2.48. The van der Waals surface area contributed by atoms with Crippen molar-refractivity contribution in [2.24, 2.45) is 11.7 Å². The van der Waals surface area contributed by atoms with Crippen LogP contribution in [0.2, 0.25) is 0 Å². The van der Waals surface area contributed by atoms with E-state index in [4.69, 9.17) is 10.5 Å². The van der Waals surface area contributed by atoms with E-state index in [1.54, 1.807) is 0 Å². The summed E-state index contributed by atoms with van der Waals surface area (Å²) < 4.78 is 5.24. The van der Waals surface area contributed by atoms with E-state index in [1.165, 1.54) is 0 Å². The van der Waals surface area contributed by atoms with Crippen LogP contribution in [0.5, 0.6) is 0 Å². The average molecular weight is 129 g/mol. The Labute approximate surface area is 56.4 Å². The van der Waals surface area contributed by atoms with E-state index in [-0.39, 0.29) is 5.54 Å². The van der Waals surface area contributed by atoms with Crippen molar-refractivity contribution >= 4 is 0 Å². The quantitative estimate of drug-likeness (QED) is 0.524. The largest absolute Gasteiger partial charge is 0.381 e. The average Bonchev–Trinajstić information content (AvgIpc) is 1.77. The normalized spacial score (nSPS) is 45.0. The summed E-state index contributed by atoms with van der Waals surface area (Å²) in [5.74, 6) is 0.506. The lowest BCUT2D eigenvalue weighted by Gasteiger charge is -2.35. The molecular formula is C7H15NO. The fourth-order valence-corrected chi connectivity index (χ4v) is 0.989. The lowest BCUT2D eigenvalue weighted by atomic mass is 9.84. The topological polar surface area (TPSA) is 35.2 Å². The molecule has 1 aliphatic heterocycles. The Morgan fingerprint density at radius 2 is 2.33 bits per heavy atom. The molecule has 0 aromatic carbocycles. The van der Waals surface area contributed by atoms with Gasteiger partial charge in [0.2, 0.25) is 0 Å². The Morgan fingerprint density at radius 1 is 1.67 bits per heavy atom. The summed E-state index contributed by atoms with van der Waals surface area (Å²) in [5, 5.41) is 0. The molecule has 2 nitrogen and oxygen atoms in total. The van der Waals surface area contributed by atoms with Gasteiger partial charge in [0.15, 0.2) is 0 Å². The molecule has 1 fully saturated rings. The van der Waals surface area contributed by atoms with Gasteiger partial charge in [0.25, 0.3) is 0 Å². The molecule has 0 saturated carbocycles. The van der Waals surface area contributed by atoms with Crippen LogP contribution in [0, 0.1) is 5.92 Å². The number of rotatable bonds is 0. The second kappa shape index (κ2) is 2.27. The minimum atomic E-state index is 0.0122. The van der Waals surface area contributed by atoms with E-state index in [9.17, 15) is 0 Å². The standard InChI is InChI=1S/C7H15NO/c1-6-5-9-4-3-7(6,2)8/h6H,3-5,8H2,1-2H3. The Hall–Kier alpha value is -0.0800. The van der Waals surface area contributed by atoms with E-state index >= 15 is 0 Å². The van der Waals surface area contributed by atoms with E-state index in [2.05, 4.69) is 13.8 Å². The van der Waals surface area contributed by atoms with Gasteiger partial charge in [0, 0.05) is 12.1 Å². The Kier molecular flexibility index (Phi) is 1.78. The molecule has 0 aromatic rings. The maximum atomic E-state index is 5.94. The molecule has 1 aliphatic rings. The molecule has 1 rings (SSSR count). The number of hydrogen-bond donors (Lipinski definition) is 1. The minimum absolute atomic E-state index is 0.0122. The first-order valence-corrected chi connectivity index (χ1v) is 3.49.